The minimum atomic E-state index is -0.194. The second kappa shape index (κ2) is 8.52. The molecule has 1 aromatic heterocycles. The van der Waals surface area contributed by atoms with E-state index in [1.807, 2.05) is 18.2 Å². The van der Waals surface area contributed by atoms with E-state index in [2.05, 4.69) is 54.3 Å². The quantitative estimate of drug-likeness (QED) is 0.644. The van der Waals surface area contributed by atoms with E-state index in [4.69, 9.17) is 0 Å². The molecule has 7 heteroatoms. The van der Waals surface area contributed by atoms with Gasteiger partial charge in [-0.2, -0.15) is 0 Å². The van der Waals surface area contributed by atoms with Gasteiger partial charge in [0, 0.05) is 31.9 Å². The summed E-state index contributed by atoms with van der Waals surface area (Å²) in [6, 6.07) is 17.8. The summed E-state index contributed by atoms with van der Waals surface area (Å²) in [5, 5.41) is 13.0. The maximum absolute atomic E-state index is 13.3. The van der Waals surface area contributed by atoms with Crippen molar-refractivity contribution in [1.29, 1.82) is 0 Å². The van der Waals surface area contributed by atoms with Crippen LogP contribution in [0.1, 0.15) is 49.2 Å². The number of tetrazole rings is 1. The average Bonchev–Trinajstić information content (AvgIpc) is 3.48. The molecule has 1 saturated carbocycles. The maximum atomic E-state index is 13.3. The van der Waals surface area contributed by atoms with Gasteiger partial charge in [0.25, 0.3) is 0 Å². The molecule has 0 radical (unpaired) electrons. The number of nitrogens with zero attached hydrogens (tertiary/aromatic N) is 6. The molecule has 2 aromatic carbocycles. The minimum absolute atomic E-state index is 0.0390. The Morgan fingerprint density at radius 1 is 0.867 bits per heavy atom. The van der Waals surface area contributed by atoms with Crippen molar-refractivity contribution >= 4 is 5.69 Å². The highest BCUT2D eigenvalue weighted by atomic mass is 19.1. The largest absolute Gasteiger partial charge is 0.369 e. The predicted octanol–water partition coefficient (Wildman–Crippen LogP) is 3.84. The van der Waals surface area contributed by atoms with Crippen LogP contribution >= 0.6 is 0 Å². The van der Waals surface area contributed by atoms with Crippen LogP contribution in [0.4, 0.5) is 10.1 Å². The molecule has 2 aliphatic rings. The van der Waals surface area contributed by atoms with E-state index in [-0.39, 0.29) is 11.9 Å². The van der Waals surface area contributed by atoms with Crippen molar-refractivity contribution in [1.82, 2.24) is 25.1 Å². The zero-order valence-corrected chi connectivity index (χ0v) is 17.1. The number of hydrogen-bond acceptors (Lipinski definition) is 5. The molecule has 156 valence electrons. The van der Waals surface area contributed by atoms with Crippen molar-refractivity contribution in [3.63, 3.8) is 0 Å². The van der Waals surface area contributed by atoms with Crippen molar-refractivity contribution in [2.75, 3.05) is 31.1 Å². The second-order valence-electron chi connectivity index (χ2n) is 8.23. The fourth-order valence-electron chi connectivity index (χ4n) is 4.84. The predicted molar refractivity (Wildman–Crippen MR) is 114 cm³/mol. The van der Waals surface area contributed by atoms with Gasteiger partial charge in [-0.3, -0.25) is 4.90 Å². The van der Waals surface area contributed by atoms with Crippen LogP contribution in [0, 0.1) is 5.82 Å². The second-order valence-corrected chi connectivity index (χ2v) is 8.23. The van der Waals surface area contributed by atoms with Crippen LogP contribution in [0.15, 0.2) is 54.6 Å². The summed E-state index contributed by atoms with van der Waals surface area (Å²) in [6.45, 7) is 3.57. The maximum Gasteiger partial charge on any atom is 0.173 e. The van der Waals surface area contributed by atoms with Crippen molar-refractivity contribution in [3.8, 4) is 0 Å². The smallest absolute Gasteiger partial charge is 0.173 e. The highest BCUT2D eigenvalue weighted by molar-refractivity contribution is 5.46. The molecule has 30 heavy (non-hydrogen) atoms. The van der Waals surface area contributed by atoms with E-state index >= 15 is 0 Å². The Kier molecular flexibility index (Phi) is 5.45. The molecule has 2 heterocycles. The third kappa shape index (κ3) is 3.81. The molecule has 0 bridgehead atoms. The Morgan fingerprint density at radius 3 is 2.27 bits per heavy atom. The first-order valence-corrected chi connectivity index (χ1v) is 10.9. The van der Waals surface area contributed by atoms with Gasteiger partial charge in [0.15, 0.2) is 5.82 Å². The van der Waals surface area contributed by atoms with Crippen LogP contribution < -0.4 is 4.90 Å². The zero-order chi connectivity index (χ0) is 20.3. The number of hydrogen-bond donors (Lipinski definition) is 0. The molecular formula is C23H27FN6. The number of benzene rings is 2. The van der Waals surface area contributed by atoms with E-state index in [0.29, 0.717) is 6.04 Å². The molecule has 1 unspecified atom stereocenters. The number of aromatic nitrogens is 4. The molecule has 3 aromatic rings. The van der Waals surface area contributed by atoms with Gasteiger partial charge in [-0.05, 0) is 53.1 Å². The Bertz CT molecular complexity index is 943. The van der Waals surface area contributed by atoms with Crippen molar-refractivity contribution in [2.45, 2.75) is 37.8 Å². The van der Waals surface area contributed by atoms with Crippen LogP contribution in [0.3, 0.4) is 0 Å². The highest BCUT2D eigenvalue weighted by Gasteiger charge is 2.33. The summed E-state index contributed by atoms with van der Waals surface area (Å²) < 4.78 is 15.4. The summed E-state index contributed by atoms with van der Waals surface area (Å²) in [5.74, 6) is 0.753. The Labute approximate surface area is 176 Å². The van der Waals surface area contributed by atoms with E-state index in [1.54, 1.807) is 0 Å². The number of rotatable bonds is 5. The van der Waals surface area contributed by atoms with Crippen LogP contribution in [-0.4, -0.2) is 51.3 Å². The number of halogens is 1. The van der Waals surface area contributed by atoms with Crippen molar-refractivity contribution < 1.29 is 4.39 Å². The molecule has 1 saturated heterocycles. The Hall–Kier alpha value is -2.80. The van der Waals surface area contributed by atoms with Gasteiger partial charge in [-0.25, -0.2) is 9.07 Å². The third-order valence-electron chi connectivity index (χ3n) is 6.42. The zero-order valence-electron chi connectivity index (χ0n) is 17.1. The fraction of sp³-hybridized carbons (Fsp3) is 0.435. The number of anilines is 1. The van der Waals surface area contributed by atoms with Crippen LogP contribution in [0.2, 0.25) is 0 Å². The van der Waals surface area contributed by atoms with Gasteiger partial charge in [-0.1, -0.05) is 43.2 Å². The van der Waals surface area contributed by atoms with Gasteiger partial charge in [-0.15, -0.1) is 5.10 Å². The lowest BCUT2D eigenvalue weighted by atomic mass is 10.0. The first-order valence-electron chi connectivity index (χ1n) is 10.9. The number of piperazine rings is 1. The molecule has 6 nitrogen and oxygen atoms in total. The van der Waals surface area contributed by atoms with E-state index in [0.717, 1.165) is 50.5 Å². The van der Waals surface area contributed by atoms with Crippen LogP contribution in [0.25, 0.3) is 0 Å². The lowest BCUT2D eigenvalue weighted by molar-refractivity contribution is 0.197. The average molecular weight is 407 g/mol. The van der Waals surface area contributed by atoms with E-state index in [1.165, 1.54) is 30.5 Å². The van der Waals surface area contributed by atoms with Gasteiger partial charge < -0.3 is 4.90 Å². The summed E-state index contributed by atoms with van der Waals surface area (Å²) >= 11 is 0. The molecule has 1 aliphatic heterocycles. The molecule has 0 amide bonds. The Morgan fingerprint density at radius 2 is 1.57 bits per heavy atom. The molecule has 1 atom stereocenters. The standard InChI is InChI=1S/C23H27FN6/c24-19-10-12-20(13-11-19)28-14-16-29(17-15-28)22(18-6-2-1-3-7-18)23-25-26-27-30(23)21-8-4-5-9-21/h1-3,6-7,10-13,21-22H,4-5,8-9,14-17H2. The Balaban J connectivity index is 1.40. The summed E-state index contributed by atoms with van der Waals surface area (Å²) in [4.78, 5) is 4.80. The summed E-state index contributed by atoms with van der Waals surface area (Å²) in [5.41, 5.74) is 2.30. The van der Waals surface area contributed by atoms with Crippen molar-refractivity contribution in [3.05, 3.63) is 71.8 Å². The van der Waals surface area contributed by atoms with Crippen LogP contribution in [-0.2, 0) is 0 Å². The molecule has 0 N–H and O–H groups in total. The first-order chi connectivity index (χ1) is 14.8. The van der Waals surface area contributed by atoms with Gasteiger partial charge in [0.1, 0.15) is 5.82 Å². The highest BCUT2D eigenvalue weighted by Crippen LogP contribution is 2.34. The third-order valence-corrected chi connectivity index (χ3v) is 6.42. The molecule has 0 spiro atoms. The van der Waals surface area contributed by atoms with E-state index < -0.39 is 0 Å². The molecule has 2 fully saturated rings. The van der Waals surface area contributed by atoms with Gasteiger partial charge >= 0.3 is 0 Å². The normalized spacial score (nSPS) is 19.3. The molecular weight excluding hydrogens is 379 g/mol. The fourth-order valence-corrected chi connectivity index (χ4v) is 4.84. The van der Waals surface area contributed by atoms with Crippen LogP contribution in [0.5, 0.6) is 0 Å². The lowest BCUT2D eigenvalue weighted by Crippen LogP contribution is -2.48. The van der Waals surface area contributed by atoms with E-state index in [9.17, 15) is 4.39 Å². The SMILES string of the molecule is Fc1ccc(N2CCN(C(c3ccccc3)c3nnnn3C3CCCC3)CC2)cc1. The first kappa shape index (κ1) is 19.2. The van der Waals surface area contributed by atoms with Crippen molar-refractivity contribution in [2.24, 2.45) is 0 Å². The van der Waals surface area contributed by atoms with Gasteiger partial charge in [0.2, 0.25) is 0 Å². The van der Waals surface area contributed by atoms with Gasteiger partial charge in [0.05, 0.1) is 12.1 Å². The molecule has 1 aliphatic carbocycles. The topological polar surface area (TPSA) is 50.1 Å². The summed E-state index contributed by atoms with van der Waals surface area (Å²) in [7, 11) is 0. The monoisotopic (exact) mass is 406 g/mol. The molecule has 5 rings (SSSR count). The lowest BCUT2D eigenvalue weighted by Gasteiger charge is -2.40. The minimum Gasteiger partial charge on any atom is -0.369 e. The summed E-state index contributed by atoms with van der Waals surface area (Å²) in [6.07, 6.45) is 4.79.